The van der Waals surface area contributed by atoms with E-state index in [0.29, 0.717) is 18.0 Å². The third-order valence-corrected chi connectivity index (χ3v) is 4.95. The summed E-state index contributed by atoms with van der Waals surface area (Å²) in [4.78, 5) is 15.7. The fraction of sp³-hybridized carbons (Fsp3) is 0.647. The minimum Gasteiger partial charge on any atom is -0.481 e. The summed E-state index contributed by atoms with van der Waals surface area (Å²) in [7, 11) is 0. The van der Waals surface area contributed by atoms with Gasteiger partial charge >= 0.3 is 5.97 Å². The molecule has 0 amide bonds. The zero-order valence-electron chi connectivity index (χ0n) is 13.2. The lowest BCUT2D eigenvalue weighted by molar-refractivity contribution is -0.146. The molecule has 3 unspecified atom stereocenters. The Morgan fingerprint density at radius 2 is 2.14 bits per heavy atom. The molecule has 1 saturated carbocycles. The number of aromatic nitrogens is 1. The Morgan fingerprint density at radius 1 is 1.43 bits per heavy atom. The van der Waals surface area contributed by atoms with Crippen LogP contribution in [0.1, 0.15) is 45.6 Å². The maximum atomic E-state index is 11.5. The Morgan fingerprint density at radius 3 is 2.71 bits per heavy atom. The van der Waals surface area contributed by atoms with Crippen molar-refractivity contribution in [1.82, 2.24) is 4.98 Å². The van der Waals surface area contributed by atoms with E-state index in [-0.39, 0.29) is 17.3 Å². The second-order valence-electron chi connectivity index (χ2n) is 7.36. The van der Waals surface area contributed by atoms with Crippen LogP contribution < -0.4 is 5.73 Å². The molecule has 1 aliphatic rings. The predicted octanol–water partition coefficient (Wildman–Crippen LogP) is 3.37. The molecule has 0 aromatic carbocycles. The van der Waals surface area contributed by atoms with Crippen molar-refractivity contribution in [3.63, 3.8) is 0 Å². The number of nitrogens with two attached hydrogens (primary N) is 1. The molecule has 1 heterocycles. The second-order valence-corrected chi connectivity index (χ2v) is 7.36. The molecule has 2 rings (SSSR count). The van der Waals surface area contributed by atoms with E-state index in [4.69, 9.17) is 5.73 Å². The third kappa shape index (κ3) is 3.74. The van der Waals surface area contributed by atoms with Crippen LogP contribution in [0.15, 0.2) is 18.5 Å². The number of hydrogen-bond acceptors (Lipinski definition) is 3. The number of carbonyl (C=O) groups is 1. The predicted molar refractivity (Wildman–Crippen MR) is 83.8 cm³/mol. The first-order chi connectivity index (χ1) is 9.79. The minimum absolute atomic E-state index is 0.145. The molecule has 0 radical (unpaired) electrons. The van der Waals surface area contributed by atoms with Crippen molar-refractivity contribution in [2.75, 3.05) is 5.73 Å². The van der Waals surface area contributed by atoms with Crippen LogP contribution in [-0.4, -0.2) is 16.1 Å². The van der Waals surface area contributed by atoms with Gasteiger partial charge in [-0.05, 0) is 54.6 Å². The van der Waals surface area contributed by atoms with Gasteiger partial charge in [-0.25, -0.2) is 0 Å². The van der Waals surface area contributed by atoms with Crippen molar-refractivity contribution >= 4 is 11.7 Å². The molecule has 0 spiro atoms. The molecule has 3 atom stereocenters. The quantitative estimate of drug-likeness (QED) is 0.895. The monoisotopic (exact) mass is 290 g/mol. The number of hydrogen-bond donors (Lipinski definition) is 2. The summed E-state index contributed by atoms with van der Waals surface area (Å²) in [5.41, 5.74) is 7.91. The van der Waals surface area contributed by atoms with Crippen LogP contribution in [0.2, 0.25) is 0 Å². The van der Waals surface area contributed by atoms with Gasteiger partial charge in [-0.2, -0.15) is 0 Å². The fourth-order valence-corrected chi connectivity index (χ4v) is 3.49. The molecule has 0 aliphatic heterocycles. The Balaban J connectivity index is 2.18. The summed E-state index contributed by atoms with van der Waals surface area (Å²) in [6, 6.07) is 1.79. The number of carboxylic acid groups (broad SMARTS) is 1. The SMILES string of the molecule is CC(C)(C)C1CCC(C(=O)O)C(Cc2cnccc2N)C1. The summed E-state index contributed by atoms with van der Waals surface area (Å²) in [6.45, 7) is 6.73. The number of nitrogen functional groups attached to an aromatic ring is 1. The average Bonchev–Trinajstić information content (AvgIpc) is 2.40. The van der Waals surface area contributed by atoms with Crippen LogP contribution in [0.25, 0.3) is 0 Å². The van der Waals surface area contributed by atoms with E-state index in [1.165, 1.54) is 0 Å². The van der Waals surface area contributed by atoms with Gasteiger partial charge < -0.3 is 10.8 Å². The molecule has 116 valence electrons. The van der Waals surface area contributed by atoms with Gasteiger partial charge in [0.2, 0.25) is 0 Å². The van der Waals surface area contributed by atoms with Gasteiger partial charge in [-0.1, -0.05) is 20.8 Å². The molecular formula is C17H26N2O2. The maximum absolute atomic E-state index is 11.5. The molecule has 1 aliphatic carbocycles. The summed E-state index contributed by atoms with van der Waals surface area (Å²) in [6.07, 6.45) is 6.88. The highest BCUT2D eigenvalue weighted by molar-refractivity contribution is 5.70. The Bertz CT molecular complexity index is 508. The zero-order valence-corrected chi connectivity index (χ0v) is 13.2. The van der Waals surface area contributed by atoms with Crippen LogP contribution in [0, 0.1) is 23.2 Å². The Labute approximate surface area is 126 Å². The number of nitrogens with zero attached hydrogens (tertiary/aromatic N) is 1. The topological polar surface area (TPSA) is 76.2 Å². The van der Waals surface area contributed by atoms with E-state index >= 15 is 0 Å². The van der Waals surface area contributed by atoms with Crippen molar-refractivity contribution in [2.45, 2.75) is 46.5 Å². The summed E-state index contributed by atoms with van der Waals surface area (Å²) in [5, 5.41) is 9.50. The molecule has 0 bridgehead atoms. The van der Waals surface area contributed by atoms with Crippen LogP contribution in [-0.2, 0) is 11.2 Å². The smallest absolute Gasteiger partial charge is 0.306 e. The van der Waals surface area contributed by atoms with E-state index in [0.717, 1.165) is 24.8 Å². The van der Waals surface area contributed by atoms with Gasteiger partial charge in [0, 0.05) is 18.1 Å². The molecule has 1 aromatic rings. The number of aliphatic carboxylic acids is 1. The molecule has 0 saturated heterocycles. The number of carboxylic acids is 1. The lowest BCUT2D eigenvalue weighted by atomic mass is 9.64. The highest BCUT2D eigenvalue weighted by Crippen LogP contribution is 2.44. The van der Waals surface area contributed by atoms with E-state index in [9.17, 15) is 9.90 Å². The number of pyridine rings is 1. The largest absolute Gasteiger partial charge is 0.481 e. The van der Waals surface area contributed by atoms with Crippen molar-refractivity contribution in [1.29, 1.82) is 0 Å². The van der Waals surface area contributed by atoms with E-state index < -0.39 is 5.97 Å². The fourth-order valence-electron chi connectivity index (χ4n) is 3.49. The van der Waals surface area contributed by atoms with Gasteiger partial charge in [-0.3, -0.25) is 9.78 Å². The van der Waals surface area contributed by atoms with Crippen LogP contribution in [0.4, 0.5) is 5.69 Å². The lowest BCUT2D eigenvalue weighted by Crippen LogP contribution is -2.36. The first kappa shape index (κ1) is 15.8. The molecule has 1 aromatic heterocycles. The third-order valence-electron chi connectivity index (χ3n) is 4.95. The molecule has 4 nitrogen and oxygen atoms in total. The van der Waals surface area contributed by atoms with E-state index in [1.54, 1.807) is 18.5 Å². The Kier molecular flexibility index (Phi) is 4.55. The molecule has 3 N–H and O–H groups in total. The number of anilines is 1. The highest BCUT2D eigenvalue weighted by atomic mass is 16.4. The van der Waals surface area contributed by atoms with Gasteiger partial charge in [0.25, 0.3) is 0 Å². The maximum Gasteiger partial charge on any atom is 0.306 e. The normalized spacial score (nSPS) is 26.5. The van der Waals surface area contributed by atoms with Gasteiger partial charge in [0.05, 0.1) is 5.92 Å². The van der Waals surface area contributed by atoms with Crippen LogP contribution in [0.5, 0.6) is 0 Å². The van der Waals surface area contributed by atoms with Crippen LogP contribution in [0.3, 0.4) is 0 Å². The molecule has 1 fully saturated rings. The zero-order chi connectivity index (χ0) is 15.6. The standard InChI is InChI=1S/C17H26N2O2/c1-17(2,3)13-4-5-14(16(20)21)11(9-13)8-12-10-19-7-6-15(12)18/h6-7,10-11,13-14H,4-5,8-9H2,1-3H3,(H2,18,19)(H,20,21). The highest BCUT2D eigenvalue weighted by Gasteiger charge is 2.39. The van der Waals surface area contributed by atoms with Gasteiger partial charge in [0.15, 0.2) is 0 Å². The van der Waals surface area contributed by atoms with Crippen molar-refractivity contribution < 1.29 is 9.90 Å². The first-order valence-electron chi connectivity index (χ1n) is 7.70. The van der Waals surface area contributed by atoms with Crippen molar-refractivity contribution in [3.8, 4) is 0 Å². The number of rotatable bonds is 3. The Hall–Kier alpha value is -1.58. The lowest BCUT2D eigenvalue weighted by Gasteiger charge is -2.40. The second kappa shape index (κ2) is 6.04. The summed E-state index contributed by atoms with van der Waals surface area (Å²) < 4.78 is 0. The van der Waals surface area contributed by atoms with Crippen LogP contribution >= 0.6 is 0 Å². The molecule has 4 heteroatoms. The minimum atomic E-state index is -0.671. The van der Waals surface area contributed by atoms with Crippen molar-refractivity contribution in [3.05, 3.63) is 24.0 Å². The van der Waals surface area contributed by atoms with Gasteiger partial charge in [0.1, 0.15) is 0 Å². The average molecular weight is 290 g/mol. The molecular weight excluding hydrogens is 264 g/mol. The van der Waals surface area contributed by atoms with Gasteiger partial charge in [-0.15, -0.1) is 0 Å². The van der Waals surface area contributed by atoms with E-state index in [2.05, 4.69) is 25.8 Å². The molecule has 21 heavy (non-hydrogen) atoms. The first-order valence-corrected chi connectivity index (χ1v) is 7.70. The summed E-state index contributed by atoms with van der Waals surface area (Å²) in [5.74, 6) is -0.221. The summed E-state index contributed by atoms with van der Waals surface area (Å²) >= 11 is 0. The van der Waals surface area contributed by atoms with Crippen molar-refractivity contribution in [2.24, 2.45) is 23.2 Å². The van der Waals surface area contributed by atoms with E-state index in [1.807, 2.05) is 0 Å².